The van der Waals surface area contributed by atoms with Gasteiger partial charge in [-0.2, -0.15) is 0 Å². The standard InChI is InChI=1S/C30H25ClFN3O/c1-19-8-10-20(11-9-19)26-18-35-28(29(36)33-24-6-4-5-22(31)17-24)27(21-12-14-23(32)15-13-21)25-7-2-3-16-34(26)30(25)35/h4-6,8-15,17-18H,2-3,7,16H2,1H3,(H,33,36). The predicted molar refractivity (Wildman–Crippen MR) is 143 cm³/mol. The number of aryl methyl sites for hydroxylation is 3. The van der Waals surface area contributed by atoms with E-state index in [9.17, 15) is 9.18 Å². The first kappa shape index (κ1) is 22.6. The van der Waals surface area contributed by atoms with Gasteiger partial charge in [-0.1, -0.05) is 59.6 Å². The van der Waals surface area contributed by atoms with Crippen LogP contribution in [0.5, 0.6) is 0 Å². The van der Waals surface area contributed by atoms with E-state index in [-0.39, 0.29) is 11.7 Å². The van der Waals surface area contributed by atoms with Crippen LogP contribution >= 0.6 is 11.6 Å². The first-order valence-electron chi connectivity index (χ1n) is 12.2. The summed E-state index contributed by atoms with van der Waals surface area (Å²) in [6.07, 6.45) is 4.97. The molecule has 1 aliphatic rings. The topological polar surface area (TPSA) is 38.4 Å². The number of carbonyl (C=O) groups excluding carboxylic acids is 1. The van der Waals surface area contributed by atoms with Crippen molar-refractivity contribution in [2.24, 2.45) is 0 Å². The number of nitrogens with one attached hydrogen (secondary N) is 1. The van der Waals surface area contributed by atoms with Crippen LogP contribution in [0.4, 0.5) is 10.1 Å². The van der Waals surface area contributed by atoms with E-state index in [1.54, 1.807) is 24.3 Å². The van der Waals surface area contributed by atoms with Crippen LogP contribution in [0, 0.1) is 12.7 Å². The van der Waals surface area contributed by atoms with Crippen molar-refractivity contribution in [2.75, 3.05) is 5.32 Å². The molecule has 5 aromatic rings. The van der Waals surface area contributed by atoms with Crippen molar-refractivity contribution >= 4 is 28.8 Å². The van der Waals surface area contributed by atoms with Gasteiger partial charge in [-0.3, -0.25) is 9.20 Å². The normalized spacial score (nSPS) is 13.1. The van der Waals surface area contributed by atoms with Gasteiger partial charge in [0.25, 0.3) is 5.91 Å². The maximum Gasteiger partial charge on any atom is 0.273 e. The van der Waals surface area contributed by atoms with Crippen molar-refractivity contribution < 1.29 is 9.18 Å². The first-order chi connectivity index (χ1) is 17.5. The first-order valence-corrected chi connectivity index (χ1v) is 12.5. The number of carbonyl (C=O) groups is 1. The van der Waals surface area contributed by atoms with Crippen LogP contribution < -0.4 is 5.32 Å². The SMILES string of the molecule is Cc1ccc(-c2cn3c(C(=O)Nc4cccc(Cl)c4)c(-c4ccc(F)cc4)c4c3n2CCCC4)cc1. The summed E-state index contributed by atoms with van der Waals surface area (Å²) in [6, 6.07) is 22.0. The van der Waals surface area contributed by atoms with Gasteiger partial charge in [0.15, 0.2) is 0 Å². The lowest BCUT2D eigenvalue weighted by Crippen LogP contribution is -2.15. The van der Waals surface area contributed by atoms with Crippen LogP contribution in [0.3, 0.4) is 0 Å². The Labute approximate surface area is 214 Å². The molecule has 0 atom stereocenters. The highest BCUT2D eigenvalue weighted by molar-refractivity contribution is 6.31. The van der Waals surface area contributed by atoms with Crippen molar-refractivity contribution in [1.82, 2.24) is 8.97 Å². The largest absolute Gasteiger partial charge is 0.325 e. The zero-order valence-corrected chi connectivity index (χ0v) is 20.6. The summed E-state index contributed by atoms with van der Waals surface area (Å²) < 4.78 is 18.2. The highest BCUT2D eigenvalue weighted by Gasteiger charge is 2.29. The molecule has 3 heterocycles. The number of anilines is 1. The number of halogens is 2. The van der Waals surface area contributed by atoms with Gasteiger partial charge >= 0.3 is 0 Å². The van der Waals surface area contributed by atoms with Crippen LogP contribution in [-0.4, -0.2) is 14.9 Å². The minimum atomic E-state index is -0.301. The molecule has 1 aliphatic heterocycles. The smallest absolute Gasteiger partial charge is 0.273 e. The third-order valence-corrected chi connectivity index (χ3v) is 7.15. The number of imidazole rings is 1. The molecule has 6 heteroatoms. The molecule has 0 spiro atoms. The van der Waals surface area contributed by atoms with Gasteiger partial charge in [0.2, 0.25) is 0 Å². The highest BCUT2D eigenvalue weighted by Crippen LogP contribution is 2.39. The number of hydrogen-bond donors (Lipinski definition) is 1. The third kappa shape index (κ3) is 3.90. The average molecular weight is 498 g/mol. The quantitative estimate of drug-likeness (QED) is 0.270. The average Bonchev–Trinajstić information content (AvgIpc) is 3.28. The molecule has 6 rings (SSSR count). The van der Waals surface area contributed by atoms with E-state index in [0.29, 0.717) is 16.4 Å². The Morgan fingerprint density at radius 2 is 1.72 bits per heavy atom. The number of rotatable bonds is 4. The molecule has 0 fully saturated rings. The number of hydrogen-bond acceptors (Lipinski definition) is 1. The summed E-state index contributed by atoms with van der Waals surface area (Å²) in [5.41, 5.74) is 8.39. The Morgan fingerprint density at radius 1 is 0.972 bits per heavy atom. The summed E-state index contributed by atoms with van der Waals surface area (Å²) in [4.78, 5) is 13.9. The number of benzene rings is 3. The van der Waals surface area contributed by atoms with E-state index < -0.39 is 0 Å². The molecule has 1 amide bonds. The third-order valence-electron chi connectivity index (χ3n) is 6.91. The molecule has 2 aromatic heterocycles. The molecular weight excluding hydrogens is 473 g/mol. The lowest BCUT2D eigenvalue weighted by molar-refractivity contribution is 0.102. The fraction of sp³-hybridized carbons (Fsp3) is 0.167. The molecule has 0 unspecified atom stereocenters. The Bertz CT molecular complexity index is 1600. The molecule has 0 saturated carbocycles. The van der Waals surface area contributed by atoms with E-state index in [4.69, 9.17) is 11.6 Å². The van der Waals surface area contributed by atoms with Gasteiger partial charge in [0, 0.05) is 34.6 Å². The van der Waals surface area contributed by atoms with Crippen LogP contribution in [0.2, 0.25) is 5.02 Å². The molecule has 0 saturated heterocycles. The highest BCUT2D eigenvalue weighted by atomic mass is 35.5. The summed E-state index contributed by atoms with van der Waals surface area (Å²) in [6.45, 7) is 2.95. The van der Waals surface area contributed by atoms with Crippen LogP contribution in [-0.2, 0) is 13.0 Å². The molecule has 36 heavy (non-hydrogen) atoms. The maximum atomic E-state index is 13.9. The molecular formula is C30H25ClFN3O. The van der Waals surface area contributed by atoms with E-state index >= 15 is 0 Å². The van der Waals surface area contributed by atoms with E-state index in [0.717, 1.165) is 59.4 Å². The van der Waals surface area contributed by atoms with E-state index in [1.165, 1.54) is 17.7 Å². The summed E-state index contributed by atoms with van der Waals surface area (Å²) >= 11 is 6.17. The van der Waals surface area contributed by atoms with Gasteiger partial charge in [0.1, 0.15) is 17.2 Å². The molecule has 0 bridgehead atoms. The maximum absolute atomic E-state index is 13.9. The Balaban J connectivity index is 1.61. The minimum absolute atomic E-state index is 0.231. The van der Waals surface area contributed by atoms with Gasteiger partial charge in [-0.25, -0.2) is 4.39 Å². The van der Waals surface area contributed by atoms with Crippen LogP contribution in [0.25, 0.3) is 28.0 Å². The molecule has 1 N–H and O–H groups in total. The van der Waals surface area contributed by atoms with Crippen molar-refractivity contribution in [3.8, 4) is 22.4 Å². The van der Waals surface area contributed by atoms with Gasteiger partial charge < -0.3 is 9.88 Å². The lowest BCUT2D eigenvalue weighted by Gasteiger charge is -2.10. The van der Waals surface area contributed by atoms with Crippen molar-refractivity contribution in [2.45, 2.75) is 32.7 Å². The summed E-state index contributed by atoms with van der Waals surface area (Å²) in [5.74, 6) is -0.532. The molecule has 180 valence electrons. The molecule has 3 aromatic carbocycles. The Morgan fingerprint density at radius 3 is 2.47 bits per heavy atom. The van der Waals surface area contributed by atoms with Crippen LogP contribution in [0.15, 0.2) is 79.0 Å². The zero-order chi connectivity index (χ0) is 24.8. The van der Waals surface area contributed by atoms with Gasteiger partial charge in [-0.05, 0) is 67.6 Å². The Kier molecular flexibility index (Phi) is 5.65. The van der Waals surface area contributed by atoms with E-state index in [2.05, 4.69) is 47.3 Å². The van der Waals surface area contributed by atoms with E-state index in [1.807, 2.05) is 16.5 Å². The number of nitrogens with zero attached hydrogens (tertiary/aromatic N) is 2. The van der Waals surface area contributed by atoms with Crippen molar-refractivity contribution in [3.63, 3.8) is 0 Å². The summed E-state index contributed by atoms with van der Waals surface area (Å²) in [7, 11) is 0. The molecule has 4 nitrogen and oxygen atoms in total. The Hall–Kier alpha value is -3.83. The second kappa shape index (κ2) is 8.99. The predicted octanol–water partition coefficient (Wildman–Crippen LogP) is 7.76. The molecule has 0 aliphatic carbocycles. The van der Waals surface area contributed by atoms with Crippen molar-refractivity contribution in [3.05, 3.63) is 107 Å². The van der Waals surface area contributed by atoms with Gasteiger partial charge in [-0.15, -0.1) is 0 Å². The fourth-order valence-electron chi connectivity index (χ4n) is 5.25. The molecule has 0 radical (unpaired) electrons. The zero-order valence-electron chi connectivity index (χ0n) is 19.9. The second-order valence-corrected chi connectivity index (χ2v) is 9.79. The number of aromatic nitrogens is 2. The fourth-order valence-corrected chi connectivity index (χ4v) is 5.44. The number of amides is 1. The van der Waals surface area contributed by atoms with Gasteiger partial charge in [0.05, 0.1) is 5.69 Å². The summed E-state index contributed by atoms with van der Waals surface area (Å²) in [5, 5.41) is 3.59. The second-order valence-electron chi connectivity index (χ2n) is 9.36. The minimum Gasteiger partial charge on any atom is -0.325 e. The monoisotopic (exact) mass is 497 g/mol. The van der Waals surface area contributed by atoms with Crippen LogP contribution in [0.1, 0.15) is 34.5 Å². The van der Waals surface area contributed by atoms with Crippen molar-refractivity contribution in [1.29, 1.82) is 0 Å². The lowest BCUT2D eigenvalue weighted by atomic mass is 9.97.